The van der Waals surface area contributed by atoms with Crippen LogP contribution >= 0.6 is 15.9 Å². The van der Waals surface area contributed by atoms with E-state index in [-0.39, 0.29) is 23.3 Å². The van der Waals surface area contributed by atoms with Gasteiger partial charge in [0.2, 0.25) is 0 Å². The minimum atomic E-state index is -1.22. The largest absolute Gasteiger partial charge is 0.476 e. The number of aromatic nitrogens is 2. The molecular formula is C6H7BrN2O4. The van der Waals surface area contributed by atoms with Crippen LogP contribution in [0.4, 0.5) is 0 Å². The molecule has 0 aliphatic rings. The van der Waals surface area contributed by atoms with Crippen LogP contribution in [0.3, 0.4) is 0 Å². The first kappa shape index (κ1) is 10.0. The Morgan fingerprint density at radius 3 is 2.69 bits per heavy atom. The Morgan fingerprint density at radius 1 is 1.62 bits per heavy atom. The van der Waals surface area contributed by atoms with E-state index in [0.717, 1.165) is 4.68 Å². The molecule has 0 bridgehead atoms. The maximum Gasteiger partial charge on any atom is 0.355 e. The monoisotopic (exact) mass is 250 g/mol. The van der Waals surface area contributed by atoms with E-state index in [9.17, 15) is 9.59 Å². The van der Waals surface area contributed by atoms with E-state index < -0.39 is 11.5 Å². The van der Waals surface area contributed by atoms with Crippen molar-refractivity contribution < 1.29 is 15.0 Å². The maximum absolute atomic E-state index is 11.0. The van der Waals surface area contributed by atoms with E-state index in [0.29, 0.717) is 0 Å². The molecule has 0 fully saturated rings. The lowest BCUT2D eigenvalue weighted by Crippen LogP contribution is -2.13. The van der Waals surface area contributed by atoms with Gasteiger partial charge in [0.1, 0.15) is 4.47 Å². The van der Waals surface area contributed by atoms with Crippen LogP contribution in [0.2, 0.25) is 0 Å². The van der Waals surface area contributed by atoms with Crippen molar-refractivity contribution in [3.63, 3.8) is 0 Å². The maximum atomic E-state index is 11.0. The Balaban J connectivity index is 3.27. The lowest BCUT2D eigenvalue weighted by molar-refractivity contribution is 0.0680. The number of carboxylic acids is 1. The summed E-state index contributed by atoms with van der Waals surface area (Å²) >= 11 is 2.84. The van der Waals surface area contributed by atoms with Crippen LogP contribution in [-0.4, -0.2) is 32.6 Å². The first-order valence-corrected chi connectivity index (χ1v) is 4.19. The third-order valence-electron chi connectivity index (χ3n) is 1.44. The number of H-pyrrole nitrogens is 1. The second-order valence-corrected chi connectivity index (χ2v) is 3.08. The number of nitrogens with one attached hydrogen (secondary N) is 1. The van der Waals surface area contributed by atoms with Crippen molar-refractivity contribution >= 4 is 21.9 Å². The molecule has 13 heavy (non-hydrogen) atoms. The van der Waals surface area contributed by atoms with Crippen LogP contribution < -0.4 is 5.56 Å². The van der Waals surface area contributed by atoms with Crippen LogP contribution in [0.1, 0.15) is 10.5 Å². The molecule has 1 heterocycles. The number of aromatic carboxylic acids is 1. The highest BCUT2D eigenvalue weighted by atomic mass is 79.9. The topological polar surface area (TPSA) is 95.3 Å². The van der Waals surface area contributed by atoms with E-state index in [2.05, 4.69) is 21.0 Å². The van der Waals surface area contributed by atoms with Gasteiger partial charge in [-0.15, -0.1) is 0 Å². The van der Waals surface area contributed by atoms with Crippen LogP contribution in [0.15, 0.2) is 9.27 Å². The van der Waals surface area contributed by atoms with Gasteiger partial charge in [-0.1, -0.05) is 0 Å². The highest BCUT2D eigenvalue weighted by Crippen LogP contribution is 2.10. The van der Waals surface area contributed by atoms with Crippen molar-refractivity contribution in [1.29, 1.82) is 0 Å². The fraction of sp³-hybridized carbons (Fsp3) is 0.333. The molecule has 0 amide bonds. The minimum absolute atomic E-state index is 0.0338. The van der Waals surface area contributed by atoms with Gasteiger partial charge >= 0.3 is 5.97 Å². The molecule has 7 heteroatoms. The van der Waals surface area contributed by atoms with Gasteiger partial charge in [-0.3, -0.25) is 14.6 Å². The number of aromatic amines is 1. The van der Waals surface area contributed by atoms with Gasteiger partial charge in [0.15, 0.2) is 5.69 Å². The zero-order chi connectivity index (χ0) is 10.0. The summed E-state index contributed by atoms with van der Waals surface area (Å²) in [5.41, 5.74) is -0.704. The van der Waals surface area contributed by atoms with Crippen LogP contribution in [0, 0.1) is 0 Å². The fourth-order valence-corrected chi connectivity index (χ4v) is 1.40. The van der Waals surface area contributed by atoms with Gasteiger partial charge in [0.05, 0.1) is 13.2 Å². The van der Waals surface area contributed by atoms with Gasteiger partial charge in [0, 0.05) is 0 Å². The second kappa shape index (κ2) is 3.75. The highest BCUT2D eigenvalue weighted by molar-refractivity contribution is 9.10. The lowest BCUT2D eigenvalue weighted by Gasteiger charge is -2.01. The van der Waals surface area contributed by atoms with Gasteiger partial charge in [-0.25, -0.2) is 4.79 Å². The number of nitrogens with zero attached hydrogens (tertiary/aromatic N) is 1. The van der Waals surface area contributed by atoms with Crippen molar-refractivity contribution in [2.45, 2.75) is 6.54 Å². The fourth-order valence-electron chi connectivity index (χ4n) is 0.931. The summed E-state index contributed by atoms with van der Waals surface area (Å²) in [7, 11) is 0. The molecule has 0 aliphatic heterocycles. The Hall–Kier alpha value is -1.08. The van der Waals surface area contributed by atoms with Crippen LogP contribution in [0.25, 0.3) is 0 Å². The van der Waals surface area contributed by atoms with E-state index in [1.165, 1.54) is 0 Å². The molecule has 1 rings (SSSR count). The number of rotatable bonds is 3. The molecule has 0 unspecified atom stereocenters. The predicted molar refractivity (Wildman–Crippen MR) is 46.8 cm³/mol. The molecule has 0 saturated carbocycles. The second-order valence-electron chi connectivity index (χ2n) is 2.28. The summed E-state index contributed by atoms with van der Waals surface area (Å²) in [4.78, 5) is 21.6. The van der Waals surface area contributed by atoms with Gasteiger partial charge in [0.25, 0.3) is 5.56 Å². The number of hydrogen-bond acceptors (Lipinski definition) is 3. The Morgan fingerprint density at radius 2 is 2.23 bits per heavy atom. The molecular weight excluding hydrogens is 244 g/mol. The average molecular weight is 251 g/mol. The molecule has 0 saturated heterocycles. The molecule has 0 atom stereocenters. The smallest absolute Gasteiger partial charge is 0.355 e. The molecule has 3 N–H and O–H groups in total. The number of carboxylic acid groups (broad SMARTS) is 1. The molecule has 0 spiro atoms. The molecule has 6 nitrogen and oxygen atoms in total. The zero-order valence-electron chi connectivity index (χ0n) is 6.45. The minimum Gasteiger partial charge on any atom is -0.476 e. The summed E-state index contributed by atoms with van der Waals surface area (Å²) < 4.78 is 1.04. The highest BCUT2D eigenvalue weighted by Gasteiger charge is 2.18. The van der Waals surface area contributed by atoms with Crippen molar-refractivity contribution in [2.24, 2.45) is 0 Å². The summed E-state index contributed by atoms with van der Waals surface area (Å²) in [6.45, 7) is -0.195. The molecule has 0 aliphatic carbocycles. The summed E-state index contributed by atoms with van der Waals surface area (Å²) in [6.07, 6.45) is 0. The molecule has 0 aromatic carbocycles. The first-order chi connectivity index (χ1) is 6.07. The Labute approximate surface area is 80.9 Å². The van der Waals surface area contributed by atoms with E-state index in [1.54, 1.807) is 0 Å². The number of aliphatic hydroxyl groups excluding tert-OH is 1. The molecule has 1 aromatic rings. The van der Waals surface area contributed by atoms with Crippen molar-refractivity contribution in [3.8, 4) is 0 Å². The Kier molecular flexibility index (Phi) is 2.89. The summed E-state index contributed by atoms with van der Waals surface area (Å²) in [5, 5.41) is 19.5. The van der Waals surface area contributed by atoms with Crippen molar-refractivity contribution in [3.05, 3.63) is 20.5 Å². The van der Waals surface area contributed by atoms with Crippen LogP contribution in [0.5, 0.6) is 0 Å². The third kappa shape index (κ3) is 1.81. The normalized spacial score (nSPS) is 10.3. The van der Waals surface area contributed by atoms with Gasteiger partial charge in [-0.2, -0.15) is 0 Å². The summed E-state index contributed by atoms with van der Waals surface area (Å²) in [6, 6.07) is 0. The van der Waals surface area contributed by atoms with Crippen molar-refractivity contribution in [1.82, 2.24) is 9.78 Å². The predicted octanol–water partition coefficient (Wildman–Crippen LogP) is -0.371. The Bertz CT molecular complexity index is 380. The number of aliphatic hydroxyl groups is 1. The number of hydrogen-bond donors (Lipinski definition) is 3. The molecule has 1 aromatic heterocycles. The van der Waals surface area contributed by atoms with Crippen LogP contribution in [-0.2, 0) is 6.54 Å². The zero-order valence-corrected chi connectivity index (χ0v) is 8.04. The lowest BCUT2D eigenvalue weighted by atomic mass is 10.4. The standard InChI is InChI=1S/C6H7BrN2O4/c7-3-4(6(12)13)9(1-2-10)8-5(3)11/h10H,1-2H2,(H,8,11)(H,12,13). The first-order valence-electron chi connectivity index (χ1n) is 3.40. The summed E-state index contributed by atoms with van der Waals surface area (Å²) in [5.74, 6) is -1.22. The van der Waals surface area contributed by atoms with E-state index in [1.807, 2.05) is 0 Å². The van der Waals surface area contributed by atoms with Gasteiger partial charge < -0.3 is 10.2 Å². The third-order valence-corrected chi connectivity index (χ3v) is 2.18. The van der Waals surface area contributed by atoms with Crippen molar-refractivity contribution in [2.75, 3.05) is 6.61 Å². The molecule has 72 valence electrons. The van der Waals surface area contributed by atoms with E-state index >= 15 is 0 Å². The number of carbonyl (C=O) groups is 1. The molecule has 0 radical (unpaired) electrons. The number of halogens is 1. The SMILES string of the molecule is O=C(O)c1c(Br)c(=O)[nH]n1CCO. The van der Waals surface area contributed by atoms with Gasteiger partial charge in [-0.05, 0) is 15.9 Å². The van der Waals surface area contributed by atoms with E-state index in [4.69, 9.17) is 10.2 Å². The average Bonchev–Trinajstić information content (AvgIpc) is 2.28. The quantitative estimate of drug-likeness (QED) is 0.682.